The lowest BCUT2D eigenvalue weighted by Crippen LogP contribution is -2.63. The van der Waals surface area contributed by atoms with Crippen molar-refractivity contribution in [3.05, 3.63) is 24.3 Å². The number of carbonyl (C=O) groups is 1. The van der Waals surface area contributed by atoms with Crippen molar-refractivity contribution >= 4 is 6.09 Å². The van der Waals surface area contributed by atoms with Crippen LogP contribution in [0.2, 0.25) is 0 Å². The third-order valence-corrected chi connectivity index (χ3v) is 2.99. The van der Waals surface area contributed by atoms with Crippen molar-refractivity contribution in [1.29, 1.82) is 0 Å². The molecule has 2 atom stereocenters. The maximum atomic E-state index is 13.5. The quantitative estimate of drug-likeness (QED) is 0.675. The summed E-state index contributed by atoms with van der Waals surface area (Å²) in [6, 6.07) is -1.00. The molecular weight excluding hydrogens is 211 g/mol. The summed E-state index contributed by atoms with van der Waals surface area (Å²) in [5.41, 5.74) is 4.62. The summed E-state index contributed by atoms with van der Waals surface area (Å²) in [5, 5.41) is 8.42. The lowest BCUT2D eigenvalue weighted by molar-refractivity contribution is -0.0252. The molecule has 0 fully saturated rings. The first-order valence-electron chi connectivity index (χ1n) is 5.03. The Morgan fingerprint density at radius 2 is 2.06 bits per heavy atom. The number of allylic oxidation sites excluding steroid dienone is 2. The van der Waals surface area contributed by atoms with Crippen molar-refractivity contribution in [2.24, 2.45) is 11.1 Å². The van der Waals surface area contributed by atoms with Crippen LogP contribution in [-0.4, -0.2) is 27.9 Å². The van der Waals surface area contributed by atoms with Crippen LogP contribution in [0.4, 0.5) is 9.28 Å². The summed E-state index contributed by atoms with van der Waals surface area (Å²) in [7, 11) is 0. The number of hydrogen-bond donors (Lipinski definition) is 2. The fourth-order valence-electron chi connectivity index (χ4n) is 1.72. The summed E-state index contributed by atoms with van der Waals surface area (Å²) >= 11 is 0. The molecule has 0 aromatic carbocycles. The summed E-state index contributed by atoms with van der Waals surface area (Å²) in [6.45, 7) is 5.54. The maximum Gasteiger partial charge on any atom is 0.436 e. The van der Waals surface area contributed by atoms with Crippen molar-refractivity contribution in [3.8, 4) is 0 Å². The first kappa shape index (κ1) is 12.7. The van der Waals surface area contributed by atoms with Crippen LogP contribution in [0.15, 0.2) is 24.3 Å². The first-order chi connectivity index (χ1) is 7.20. The number of halogens is 1. The molecule has 0 aliphatic heterocycles. The van der Waals surface area contributed by atoms with Gasteiger partial charge in [-0.3, -0.25) is 0 Å². The minimum absolute atomic E-state index is 0.245. The van der Waals surface area contributed by atoms with Crippen LogP contribution >= 0.6 is 0 Å². The highest BCUT2D eigenvalue weighted by molar-refractivity contribution is 5.65. The van der Waals surface area contributed by atoms with Crippen LogP contribution < -0.4 is 5.73 Å². The lowest BCUT2D eigenvalue weighted by atomic mass is 9.68. The molecule has 2 unspecified atom stereocenters. The van der Waals surface area contributed by atoms with Crippen molar-refractivity contribution in [1.82, 2.24) is 5.12 Å². The van der Waals surface area contributed by atoms with Gasteiger partial charge in [0.25, 0.3) is 0 Å². The van der Waals surface area contributed by atoms with Crippen molar-refractivity contribution in [2.75, 3.05) is 0 Å². The van der Waals surface area contributed by atoms with Gasteiger partial charge in [0, 0.05) is 0 Å². The number of carboxylic acid groups (broad SMARTS) is 1. The molecule has 0 heterocycles. The van der Waals surface area contributed by atoms with Gasteiger partial charge in [-0.05, 0) is 5.41 Å². The summed E-state index contributed by atoms with van der Waals surface area (Å²) < 4.78 is 13.5. The third kappa shape index (κ3) is 1.95. The molecule has 3 N–H and O–H groups in total. The third-order valence-electron chi connectivity index (χ3n) is 2.99. The molecule has 0 saturated heterocycles. The van der Waals surface area contributed by atoms with Crippen LogP contribution in [0.1, 0.15) is 20.8 Å². The van der Waals surface area contributed by atoms with Gasteiger partial charge in [0.1, 0.15) is 6.04 Å². The Kier molecular flexibility index (Phi) is 3.10. The van der Waals surface area contributed by atoms with E-state index >= 15 is 0 Å². The number of hydrogen-bond acceptors (Lipinski definition) is 2. The highest BCUT2D eigenvalue weighted by Gasteiger charge is 2.47. The average molecular weight is 228 g/mol. The SMILES string of the molecule is CC(C)(C)C1(N)C=CC=CC1N(F)C(=O)O. The van der Waals surface area contributed by atoms with Crippen LogP contribution in [0.3, 0.4) is 0 Å². The average Bonchev–Trinajstić information content (AvgIpc) is 2.15. The smallest absolute Gasteiger partial charge is 0.436 e. The van der Waals surface area contributed by atoms with Gasteiger partial charge in [0.2, 0.25) is 0 Å². The largest absolute Gasteiger partial charge is 0.463 e. The van der Waals surface area contributed by atoms with Gasteiger partial charge < -0.3 is 10.8 Å². The number of nitrogens with zero attached hydrogens (tertiary/aromatic N) is 1. The van der Waals surface area contributed by atoms with Gasteiger partial charge in [-0.15, -0.1) is 5.12 Å². The molecule has 0 spiro atoms. The van der Waals surface area contributed by atoms with Gasteiger partial charge in [-0.1, -0.05) is 49.6 Å². The molecule has 0 radical (unpaired) electrons. The van der Waals surface area contributed by atoms with Gasteiger partial charge in [0.15, 0.2) is 0 Å². The Morgan fingerprint density at radius 1 is 1.50 bits per heavy atom. The topological polar surface area (TPSA) is 66.6 Å². The zero-order valence-corrected chi connectivity index (χ0v) is 9.64. The van der Waals surface area contributed by atoms with E-state index in [-0.39, 0.29) is 5.12 Å². The van der Waals surface area contributed by atoms with E-state index in [4.69, 9.17) is 10.8 Å². The van der Waals surface area contributed by atoms with E-state index in [1.807, 2.05) is 20.8 Å². The highest BCUT2D eigenvalue weighted by Crippen LogP contribution is 2.37. The molecule has 4 nitrogen and oxygen atoms in total. The van der Waals surface area contributed by atoms with Crippen LogP contribution in [0.5, 0.6) is 0 Å². The van der Waals surface area contributed by atoms with Crippen LogP contribution in [0, 0.1) is 5.41 Å². The molecule has 0 saturated carbocycles. The number of amides is 1. The lowest BCUT2D eigenvalue weighted by Gasteiger charge is -2.45. The predicted octanol–water partition coefficient (Wildman–Crippen LogP) is 2.09. The van der Waals surface area contributed by atoms with Crippen molar-refractivity contribution < 1.29 is 14.4 Å². The Labute approximate surface area is 94.2 Å². The fourth-order valence-corrected chi connectivity index (χ4v) is 1.72. The van der Waals surface area contributed by atoms with E-state index in [1.54, 1.807) is 18.2 Å². The Balaban J connectivity index is 3.12. The molecule has 0 aromatic heterocycles. The fraction of sp³-hybridized carbons (Fsp3) is 0.545. The molecule has 1 aliphatic carbocycles. The van der Waals surface area contributed by atoms with Crippen LogP contribution in [-0.2, 0) is 0 Å². The van der Waals surface area contributed by atoms with Gasteiger partial charge >= 0.3 is 6.09 Å². The molecule has 5 heteroatoms. The maximum absolute atomic E-state index is 13.5. The molecule has 1 aliphatic rings. The second-order valence-corrected chi connectivity index (χ2v) is 4.97. The van der Waals surface area contributed by atoms with Crippen molar-refractivity contribution in [3.63, 3.8) is 0 Å². The summed E-state index contributed by atoms with van der Waals surface area (Å²) in [5.74, 6) is 0. The second-order valence-electron chi connectivity index (χ2n) is 4.97. The van der Waals surface area contributed by atoms with Gasteiger partial charge in [-0.25, -0.2) is 4.79 Å². The Morgan fingerprint density at radius 3 is 2.50 bits per heavy atom. The number of nitrogens with two attached hydrogens (primary N) is 1. The standard InChI is InChI=1S/C11H17FN2O2/c1-10(2,3)11(13)7-5-4-6-8(11)14(12)9(15)16/h4-8H,13H2,1-3H3,(H,15,16). The van der Waals surface area contributed by atoms with Crippen molar-refractivity contribution in [2.45, 2.75) is 32.4 Å². The Hall–Kier alpha value is -1.36. The highest BCUT2D eigenvalue weighted by atomic mass is 19.2. The van der Waals surface area contributed by atoms with Gasteiger partial charge in [0.05, 0.1) is 5.54 Å². The monoisotopic (exact) mass is 228 g/mol. The molecule has 90 valence electrons. The molecule has 1 amide bonds. The van der Waals surface area contributed by atoms with E-state index in [0.29, 0.717) is 0 Å². The Bertz CT molecular complexity index is 346. The van der Waals surface area contributed by atoms with E-state index in [2.05, 4.69) is 0 Å². The van der Waals surface area contributed by atoms with Crippen LogP contribution in [0.25, 0.3) is 0 Å². The van der Waals surface area contributed by atoms with E-state index < -0.39 is 23.1 Å². The molecule has 0 bridgehead atoms. The first-order valence-corrected chi connectivity index (χ1v) is 5.03. The second kappa shape index (κ2) is 3.90. The van der Waals surface area contributed by atoms with Gasteiger partial charge in [-0.2, -0.15) is 0 Å². The molecule has 0 aromatic rings. The van der Waals surface area contributed by atoms with E-state index in [0.717, 1.165) is 0 Å². The predicted molar refractivity (Wildman–Crippen MR) is 59.4 cm³/mol. The van der Waals surface area contributed by atoms with E-state index in [9.17, 15) is 9.28 Å². The molecule has 1 rings (SSSR count). The molecule has 16 heavy (non-hydrogen) atoms. The molecular formula is C11H17FN2O2. The number of rotatable bonds is 1. The minimum atomic E-state index is -1.64. The summed E-state index contributed by atoms with van der Waals surface area (Å²) in [4.78, 5) is 10.7. The zero-order chi connectivity index (χ0) is 12.6. The van der Waals surface area contributed by atoms with E-state index in [1.165, 1.54) is 6.08 Å². The normalized spacial score (nSPS) is 29.2. The summed E-state index contributed by atoms with van der Waals surface area (Å²) in [6.07, 6.45) is 4.77. The zero-order valence-electron chi connectivity index (χ0n) is 9.64. The minimum Gasteiger partial charge on any atom is -0.463 e.